The lowest BCUT2D eigenvalue weighted by Crippen LogP contribution is -2.44. The van der Waals surface area contributed by atoms with Gasteiger partial charge in [-0.15, -0.1) is 0 Å². The van der Waals surface area contributed by atoms with Crippen molar-refractivity contribution in [2.24, 2.45) is 16.6 Å². The summed E-state index contributed by atoms with van der Waals surface area (Å²) in [6.07, 6.45) is 1.44. The Morgan fingerprint density at radius 2 is 2.29 bits per heavy atom. The van der Waals surface area contributed by atoms with Crippen LogP contribution in [0.3, 0.4) is 0 Å². The summed E-state index contributed by atoms with van der Waals surface area (Å²) in [5, 5.41) is 4.25. The normalized spacial score (nSPS) is 20.5. The molecule has 0 spiro atoms. The molecule has 5 heteroatoms. The number of primary amides is 1. The highest BCUT2D eigenvalue weighted by atomic mass is 32.2. The molecule has 0 saturated carbocycles. The van der Waals surface area contributed by atoms with Crippen molar-refractivity contribution in [3.8, 4) is 0 Å². The number of nitrogens with zero attached hydrogens (tertiary/aromatic N) is 1. The number of carbonyl (C=O) groups excluding carboxylic acids is 1. The highest BCUT2D eigenvalue weighted by Gasteiger charge is 2.26. The molecular formula is C12H23N3OS. The Hall–Kier alpha value is -0.710. The van der Waals surface area contributed by atoms with Gasteiger partial charge in [-0.05, 0) is 26.2 Å². The number of thioether (sulfide) groups is 1. The van der Waals surface area contributed by atoms with Crippen molar-refractivity contribution in [1.82, 2.24) is 5.32 Å². The summed E-state index contributed by atoms with van der Waals surface area (Å²) in [6.45, 7) is 8.36. The lowest BCUT2D eigenvalue weighted by atomic mass is 10.0. The molecule has 4 nitrogen and oxygen atoms in total. The SMILES string of the molecule is CC(C)CC1CSC(NC(C)(C)CC(N)=O)=N1. The summed E-state index contributed by atoms with van der Waals surface area (Å²) < 4.78 is 0. The van der Waals surface area contributed by atoms with Crippen molar-refractivity contribution in [3.05, 3.63) is 0 Å². The smallest absolute Gasteiger partial charge is 0.219 e. The molecule has 3 N–H and O–H groups in total. The van der Waals surface area contributed by atoms with E-state index in [1.54, 1.807) is 11.8 Å². The Morgan fingerprint density at radius 3 is 2.82 bits per heavy atom. The van der Waals surface area contributed by atoms with E-state index in [2.05, 4.69) is 24.2 Å². The Labute approximate surface area is 108 Å². The molecular weight excluding hydrogens is 234 g/mol. The third-order valence-electron chi connectivity index (χ3n) is 2.52. The van der Waals surface area contributed by atoms with Gasteiger partial charge in [-0.1, -0.05) is 25.6 Å². The molecule has 1 aliphatic rings. The molecule has 1 unspecified atom stereocenters. The van der Waals surface area contributed by atoms with Crippen LogP contribution < -0.4 is 11.1 Å². The second kappa shape index (κ2) is 5.76. The number of amides is 1. The minimum atomic E-state index is -0.315. The first kappa shape index (κ1) is 14.4. The van der Waals surface area contributed by atoms with Crippen LogP contribution in [0, 0.1) is 5.92 Å². The van der Waals surface area contributed by atoms with Crippen LogP contribution in [0.15, 0.2) is 4.99 Å². The van der Waals surface area contributed by atoms with Gasteiger partial charge in [0.2, 0.25) is 5.91 Å². The Morgan fingerprint density at radius 1 is 1.65 bits per heavy atom. The fraction of sp³-hybridized carbons (Fsp3) is 0.833. The summed E-state index contributed by atoms with van der Waals surface area (Å²) >= 11 is 1.73. The minimum absolute atomic E-state index is 0.287. The minimum Gasteiger partial charge on any atom is -0.370 e. The van der Waals surface area contributed by atoms with Crippen LogP contribution in [0.25, 0.3) is 0 Å². The quantitative estimate of drug-likeness (QED) is 0.788. The molecule has 0 aromatic heterocycles. The zero-order valence-electron chi connectivity index (χ0n) is 11.1. The number of nitrogens with two attached hydrogens (primary N) is 1. The van der Waals surface area contributed by atoms with E-state index >= 15 is 0 Å². The largest absolute Gasteiger partial charge is 0.370 e. The van der Waals surface area contributed by atoms with Crippen LogP contribution in [0.4, 0.5) is 0 Å². The molecule has 0 saturated heterocycles. The maximum atomic E-state index is 10.9. The number of hydrogen-bond donors (Lipinski definition) is 2. The fourth-order valence-corrected chi connectivity index (χ4v) is 3.05. The molecule has 17 heavy (non-hydrogen) atoms. The van der Waals surface area contributed by atoms with Gasteiger partial charge < -0.3 is 11.1 Å². The van der Waals surface area contributed by atoms with E-state index in [9.17, 15) is 4.79 Å². The Balaban J connectivity index is 2.50. The van der Waals surface area contributed by atoms with Gasteiger partial charge in [0.05, 0.1) is 6.04 Å². The summed E-state index contributed by atoms with van der Waals surface area (Å²) in [6, 6.07) is 0.409. The zero-order chi connectivity index (χ0) is 13.1. The third-order valence-corrected chi connectivity index (χ3v) is 3.55. The number of aliphatic imine (C=N–C) groups is 1. The number of amidine groups is 1. The number of hydrogen-bond acceptors (Lipinski definition) is 4. The van der Waals surface area contributed by atoms with Gasteiger partial charge in [0.25, 0.3) is 0 Å². The van der Waals surface area contributed by atoms with Crippen molar-refractivity contribution < 1.29 is 4.79 Å². The first-order chi connectivity index (χ1) is 7.78. The zero-order valence-corrected chi connectivity index (χ0v) is 11.9. The number of rotatable bonds is 5. The van der Waals surface area contributed by atoms with Crippen LogP contribution in [-0.4, -0.2) is 28.4 Å². The molecule has 0 bridgehead atoms. The van der Waals surface area contributed by atoms with Crippen LogP contribution >= 0.6 is 11.8 Å². The van der Waals surface area contributed by atoms with E-state index in [-0.39, 0.29) is 11.4 Å². The second-order valence-electron chi connectivity index (χ2n) is 5.68. The van der Waals surface area contributed by atoms with Crippen molar-refractivity contribution in [2.45, 2.75) is 52.1 Å². The van der Waals surface area contributed by atoms with E-state index in [4.69, 9.17) is 5.73 Å². The molecule has 1 amide bonds. The van der Waals surface area contributed by atoms with Gasteiger partial charge >= 0.3 is 0 Å². The lowest BCUT2D eigenvalue weighted by molar-refractivity contribution is -0.119. The van der Waals surface area contributed by atoms with E-state index in [0.29, 0.717) is 18.4 Å². The third kappa shape index (κ3) is 5.44. The van der Waals surface area contributed by atoms with Gasteiger partial charge in [-0.25, -0.2) is 0 Å². The number of carbonyl (C=O) groups is 1. The molecule has 98 valence electrons. The fourth-order valence-electron chi connectivity index (χ4n) is 1.92. The predicted molar refractivity (Wildman–Crippen MR) is 74.2 cm³/mol. The molecule has 0 radical (unpaired) electrons. The molecule has 0 aromatic carbocycles. The monoisotopic (exact) mass is 257 g/mol. The highest BCUT2D eigenvalue weighted by molar-refractivity contribution is 8.14. The molecule has 0 aromatic rings. The maximum absolute atomic E-state index is 10.9. The van der Waals surface area contributed by atoms with Crippen molar-refractivity contribution in [1.29, 1.82) is 0 Å². The summed E-state index contributed by atoms with van der Waals surface area (Å²) in [7, 11) is 0. The average Bonchev–Trinajstić information content (AvgIpc) is 2.46. The van der Waals surface area contributed by atoms with Crippen molar-refractivity contribution >= 4 is 22.8 Å². The van der Waals surface area contributed by atoms with Gasteiger partial charge in [0, 0.05) is 17.7 Å². The van der Waals surface area contributed by atoms with Gasteiger partial charge in [-0.3, -0.25) is 9.79 Å². The van der Waals surface area contributed by atoms with E-state index in [1.807, 2.05) is 13.8 Å². The molecule has 0 aliphatic carbocycles. The van der Waals surface area contributed by atoms with Gasteiger partial charge in [0.1, 0.15) is 0 Å². The molecule has 1 aliphatic heterocycles. The summed E-state index contributed by atoms with van der Waals surface area (Å²) in [5.41, 5.74) is 4.91. The predicted octanol–water partition coefficient (Wildman–Crippen LogP) is 1.75. The van der Waals surface area contributed by atoms with Crippen LogP contribution in [0.2, 0.25) is 0 Å². The molecule has 1 rings (SSSR count). The first-order valence-electron chi connectivity index (χ1n) is 6.05. The van der Waals surface area contributed by atoms with Crippen LogP contribution in [0.5, 0.6) is 0 Å². The number of nitrogens with one attached hydrogen (secondary N) is 1. The maximum Gasteiger partial charge on any atom is 0.219 e. The van der Waals surface area contributed by atoms with Crippen molar-refractivity contribution in [3.63, 3.8) is 0 Å². The molecule has 1 atom stereocenters. The van der Waals surface area contributed by atoms with E-state index in [1.165, 1.54) is 0 Å². The Kier molecular flexibility index (Phi) is 4.86. The summed E-state index contributed by atoms with van der Waals surface area (Å²) in [4.78, 5) is 15.6. The molecule has 0 fully saturated rings. The molecule has 1 heterocycles. The first-order valence-corrected chi connectivity index (χ1v) is 7.04. The van der Waals surface area contributed by atoms with Crippen LogP contribution in [0.1, 0.15) is 40.5 Å². The average molecular weight is 257 g/mol. The lowest BCUT2D eigenvalue weighted by Gasteiger charge is -2.25. The van der Waals surface area contributed by atoms with E-state index < -0.39 is 0 Å². The summed E-state index contributed by atoms with van der Waals surface area (Å²) in [5.74, 6) is 1.42. The highest BCUT2D eigenvalue weighted by Crippen LogP contribution is 2.23. The van der Waals surface area contributed by atoms with Crippen molar-refractivity contribution in [2.75, 3.05) is 5.75 Å². The Bertz CT molecular complexity index is 313. The second-order valence-corrected chi connectivity index (χ2v) is 6.69. The van der Waals surface area contributed by atoms with Gasteiger partial charge in [-0.2, -0.15) is 0 Å². The van der Waals surface area contributed by atoms with E-state index in [0.717, 1.165) is 17.3 Å². The van der Waals surface area contributed by atoms with Gasteiger partial charge in [0.15, 0.2) is 5.17 Å². The topological polar surface area (TPSA) is 67.5 Å². The van der Waals surface area contributed by atoms with Crippen LogP contribution in [-0.2, 0) is 4.79 Å². The standard InChI is InChI=1S/C12H23N3OS/c1-8(2)5-9-7-17-11(14-9)15-12(3,4)6-10(13)16/h8-9H,5-7H2,1-4H3,(H2,13,16)(H,14,15).